The van der Waals surface area contributed by atoms with Gasteiger partial charge in [-0.1, -0.05) is 11.6 Å². The van der Waals surface area contributed by atoms with Crippen LogP contribution in [0.3, 0.4) is 0 Å². The SMILES string of the molecule is Cc1nn(CCCNC(=O)c2ccc(COc3ccc(F)cc3F)o2)c(C)c1Cl. The number of aryl methyl sites for hydroxylation is 2. The first kappa shape index (κ1) is 20.9. The molecular weight excluding hydrogens is 404 g/mol. The minimum absolute atomic E-state index is 0.0888. The molecule has 0 unspecified atom stereocenters. The van der Waals surface area contributed by atoms with Gasteiger partial charge in [0.2, 0.25) is 0 Å². The molecule has 0 saturated carbocycles. The first-order chi connectivity index (χ1) is 13.8. The zero-order chi connectivity index (χ0) is 21.0. The number of ether oxygens (including phenoxy) is 1. The second kappa shape index (κ2) is 9.09. The summed E-state index contributed by atoms with van der Waals surface area (Å²) in [5.41, 5.74) is 1.67. The van der Waals surface area contributed by atoms with Crippen LogP contribution in [0.25, 0.3) is 0 Å². The third-order valence-electron chi connectivity index (χ3n) is 4.27. The Kier molecular flexibility index (Phi) is 6.53. The van der Waals surface area contributed by atoms with Crippen LogP contribution in [-0.4, -0.2) is 22.2 Å². The van der Waals surface area contributed by atoms with Crippen molar-refractivity contribution in [3.63, 3.8) is 0 Å². The third kappa shape index (κ3) is 5.14. The lowest BCUT2D eigenvalue weighted by Crippen LogP contribution is -2.25. The fourth-order valence-corrected chi connectivity index (χ4v) is 2.86. The summed E-state index contributed by atoms with van der Waals surface area (Å²) in [5, 5.41) is 7.75. The maximum atomic E-state index is 13.6. The minimum Gasteiger partial charge on any atom is -0.483 e. The highest BCUT2D eigenvalue weighted by Crippen LogP contribution is 2.20. The molecule has 0 spiro atoms. The second-order valence-corrected chi connectivity index (χ2v) is 6.82. The zero-order valence-corrected chi connectivity index (χ0v) is 16.7. The quantitative estimate of drug-likeness (QED) is 0.544. The Morgan fingerprint density at radius 3 is 2.76 bits per heavy atom. The smallest absolute Gasteiger partial charge is 0.286 e. The monoisotopic (exact) mass is 423 g/mol. The van der Waals surface area contributed by atoms with E-state index in [1.807, 2.05) is 13.8 Å². The molecule has 0 aliphatic carbocycles. The van der Waals surface area contributed by atoms with Crippen molar-refractivity contribution in [2.45, 2.75) is 33.4 Å². The maximum absolute atomic E-state index is 13.6. The molecule has 2 heterocycles. The van der Waals surface area contributed by atoms with Crippen LogP contribution in [0, 0.1) is 25.5 Å². The number of amides is 1. The van der Waals surface area contributed by atoms with Gasteiger partial charge in [0.1, 0.15) is 18.2 Å². The van der Waals surface area contributed by atoms with Crippen LogP contribution >= 0.6 is 11.6 Å². The Morgan fingerprint density at radius 1 is 1.28 bits per heavy atom. The van der Waals surface area contributed by atoms with E-state index in [9.17, 15) is 13.6 Å². The number of hydrogen-bond acceptors (Lipinski definition) is 4. The number of halogens is 3. The van der Waals surface area contributed by atoms with E-state index in [1.165, 1.54) is 12.1 Å². The maximum Gasteiger partial charge on any atom is 0.286 e. The Morgan fingerprint density at radius 2 is 2.07 bits per heavy atom. The summed E-state index contributed by atoms with van der Waals surface area (Å²) in [6.45, 7) is 4.71. The number of carbonyl (C=O) groups is 1. The van der Waals surface area contributed by atoms with Gasteiger partial charge in [-0.15, -0.1) is 0 Å². The molecular formula is C20H20ClF2N3O3. The molecule has 6 nitrogen and oxygen atoms in total. The number of aromatic nitrogens is 2. The van der Waals surface area contributed by atoms with E-state index in [1.54, 1.807) is 10.7 Å². The topological polar surface area (TPSA) is 69.3 Å². The van der Waals surface area contributed by atoms with Crippen molar-refractivity contribution in [3.8, 4) is 5.75 Å². The molecule has 154 valence electrons. The van der Waals surface area contributed by atoms with Crippen molar-refractivity contribution in [2.24, 2.45) is 0 Å². The lowest BCUT2D eigenvalue weighted by Gasteiger charge is -2.06. The van der Waals surface area contributed by atoms with Gasteiger partial charge in [0.05, 0.1) is 16.4 Å². The number of nitrogens with zero attached hydrogens (tertiary/aromatic N) is 2. The summed E-state index contributed by atoms with van der Waals surface area (Å²) in [4.78, 5) is 12.2. The molecule has 2 aromatic heterocycles. The van der Waals surface area contributed by atoms with Gasteiger partial charge in [-0.05, 0) is 44.5 Å². The number of furan rings is 1. The molecule has 29 heavy (non-hydrogen) atoms. The summed E-state index contributed by atoms with van der Waals surface area (Å²) < 4.78 is 38.9. The van der Waals surface area contributed by atoms with E-state index in [2.05, 4.69) is 10.4 Å². The van der Waals surface area contributed by atoms with Gasteiger partial charge in [0, 0.05) is 19.2 Å². The fraction of sp³-hybridized carbons (Fsp3) is 0.300. The molecule has 0 radical (unpaired) electrons. The fourth-order valence-electron chi connectivity index (χ4n) is 2.73. The minimum atomic E-state index is -0.807. The molecule has 0 atom stereocenters. The van der Waals surface area contributed by atoms with E-state index < -0.39 is 11.6 Å². The van der Waals surface area contributed by atoms with Crippen LogP contribution in [0.4, 0.5) is 8.78 Å². The molecule has 0 aliphatic heterocycles. The molecule has 0 fully saturated rings. The van der Waals surface area contributed by atoms with Crippen LogP contribution in [0.5, 0.6) is 5.75 Å². The van der Waals surface area contributed by atoms with Gasteiger partial charge in [0.25, 0.3) is 5.91 Å². The van der Waals surface area contributed by atoms with Crippen molar-refractivity contribution in [1.82, 2.24) is 15.1 Å². The molecule has 1 aromatic carbocycles. The van der Waals surface area contributed by atoms with Gasteiger partial charge in [-0.2, -0.15) is 5.10 Å². The number of carbonyl (C=O) groups excluding carboxylic acids is 1. The highest BCUT2D eigenvalue weighted by molar-refractivity contribution is 6.31. The summed E-state index contributed by atoms with van der Waals surface area (Å²) in [6.07, 6.45) is 0.671. The van der Waals surface area contributed by atoms with Gasteiger partial charge in [-0.25, -0.2) is 8.78 Å². The average Bonchev–Trinajstić information content (AvgIpc) is 3.25. The first-order valence-corrected chi connectivity index (χ1v) is 9.37. The molecule has 0 bridgehead atoms. The first-order valence-electron chi connectivity index (χ1n) is 8.99. The van der Waals surface area contributed by atoms with E-state index in [0.717, 1.165) is 23.5 Å². The molecule has 3 rings (SSSR count). The molecule has 3 aromatic rings. The van der Waals surface area contributed by atoms with E-state index >= 15 is 0 Å². The van der Waals surface area contributed by atoms with Crippen LogP contribution in [0.1, 0.15) is 34.1 Å². The van der Waals surface area contributed by atoms with Crippen LogP contribution in [-0.2, 0) is 13.2 Å². The van der Waals surface area contributed by atoms with Gasteiger partial charge < -0.3 is 14.5 Å². The number of rotatable bonds is 8. The summed E-state index contributed by atoms with van der Waals surface area (Å²) >= 11 is 6.11. The van der Waals surface area contributed by atoms with Gasteiger partial charge in [-0.3, -0.25) is 9.48 Å². The predicted molar refractivity (Wildman–Crippen MR) is 103 cm³/mol. The Balaban J connectivity index is 1.45. The van der Waals surface area contributed by atoms with Crippen LogP contribution < -0.4 is 10.1 Å². The largest absolute Gasteiger partial charge is 0.483 e. The normalized spacial score (nSPS) is 10.9. The van der Waals surface area contributed by atoms with E-state index in [-0.39, 0.29) is 24.0 Å². The lowest BCUT2D eigenvalue weighted by molar-refractivity contribution is 0.0920. The van der Waals surface area contributed by atoms with Crippen molar-refractivity contribution in [1.29, 1.82) is 0 Å². The summed E-state index contributed by atoms with van der Waals surface area (Å²) in [7, 11) is 0. The molecule has 0 saturated heterocycles. The Labute approximate surface area is 171 Å². The number of nitrogens with one attached hydrogen (secondary N) is 1. The Bertz CT molecular complexity index is 1020. The third-order valence-corrected chi connectivity index (χ3v) is 4.82. The molecule has 0 aliphatic rings. The highest BCUT2D eigenvalue weighted by Gasteiger charge is 2.13. The van der Waals surface area contributed by atoms with E-state index in [4.69, 9.17) is 20.8 Å². The van der Waals surface area contributed by atoms with Crippen molar-refractivity contribution in [2.75, 3.05) is 6.54 Å². The molecule has 1 amide bonds. The van der Waals surface area contributed by atoms with Crippen molar-refractivity contribution in [3.05, 3.63) is 69.9 Å². The summed E-state index contributed by atoms with van der Waals surface area (Å²) in [6, 6.07) is 6.09. The van der Waals surface area contributed by atoms with Crippen LogP contribution in [0.2, 0.25) is 5.02 Å². The lowest BCUT2D eigenvalue weighted by atomic mass is 10.3. The Hall–Kier alpha value is -2.87. The van der Waals surface area contributed by atoms with Crippen molar-refractivity contribution < 1.29 is 22.7 Å². The number of benzene rings is 1. The highest BCUT2D eigenvalue weighted by atomic mass is 35.5. The molecule has 1 N–H and O–H groups in total. The van der Waals surface area contributed by atoms with Gasteiger partial charge >= 0.3 is 0 Å². The zero-order valence-electron chi connectivity index (χ0n) is 16.0. The number of hydrogen-bond donors (Lipinski definition) is 1. The standard InChI is InChI=1S/C20H20ClF2N3O3/c1-12-19(21)13(2)26(25-12)9-3-8-24-20(27)18-7-5-15(29-18)11-28-17-6-4-14(22)10-16(17)23/h4-7,10H,3,8-9,11H2,1-2H3,(H,24,27). The van der Waals surface area contributed by atoms with Gasteiger partial charge in [0.15, 0.2) is 17.3 Å². The average molecular weight is 424 g/mol. The van der Waals surface area contributed by atoms with Crippen molar-refractivity contribution >= 4 is 17.5 Å². The van der Waals surface area contributed by atoms with Crippen LogP contribution in [0.15, 0.2) is 34.7 Å². The summed E-state index contributed by atoms with van der Waals surface area (Å²) in [5.74, 6) is -1.49. The van der Waals surface area contributed by atoms with E-state index in [0.29, 0.717) is 30.3 Å². The molecule has 9 heteroatoms. The predicted octanol–water partition coefficient (Wildman–Crippen LogP) is 4.42. The second-order valence-electron chi connectivity index (χ2n) is 6.45.